The van der Waals surface area contributed by atoms with Crippen LogP contribution < -0.4 is 0 Å². The highest BCUT2D eigenvalue weighted by Crippen LogP contribution is 2.41. The zero-order chi connectivity index (χ0) is 14.7. The van der Waals surface area contributed by atoms with Gasteiger partial charge >= 0.3 is 0 Å². The lowest BCUT2D eigenvalue weighted by atomic mass is 9.79. The van der Waals surface area contributed by atoms with E-state index >= 15 is 0 Å². The third kappa shape index (κ3) is 2.57. The van der Waals surface area contributed by atoms with Gasteiger partial charge in [0.2, 0.25) is 0 Å². The summed E-state index contributed by atoms with van der Waals surface area (Å²) in [7, 11) is 0. The Labute approximate surface area is 123 Å². The van der Waals surface area contributed by atoms with Gasteiger partial charge in [-0.25, -0.2) is 4.98 Å². The number of allylic oxidation sites excluding steroid dienone is 2. The fourth-order valence-electron chi connectivity index (χ4n) is 2.75. The molecule has 0 aliphatic heterocycles. The monoisotopic (exact) mass is 274 g/mol. The Morgan fingerprint density at radius 1 is 1.19 bits per heavy atom. The topological polar surface area (TPSA) is 65.4 Å². The molecule has 1 aliphatic carbocycles. The number of imidazole rings is 1. The molecular formula is C17H14N4. The van der Waals surface area contributed by atoms with Crippen LogP contribution in [0, 0.1) is 28.6 Å². The summed E-state index contributed by atoms with van der Waals surface area (Å²) in [5.74, 6) is 1.29. The summed E-state index contributed by atoms with van der Waals surface area (Å²) in [6.45, 7) is 0. The zero-order valence-electron chi connectivity index (χ0n) is 11.5. The molecule has 2 aromatic rings. The average Bonchev–Trinajstić information content (AvgIpc) is 2.96. The molecule has 0 unspecified atom stereocenters. The van der Waals surface area contributed by atoms with Gasteiger partial charge in [-0.05, 0) is 18.8 Å². The lowest BCUT2D eigenvalue weighted by Gasteiger charge is -2.35. The smallest absolute Gasteiger partial charge is 0.140 e. The molecule has 1 aliphatic rings. The summed E-state index contributed by atoms with van der Waals surface area (Å²) in [5, 5.41) is 17.6. The van der Waals surface area contributed by atoms with Crippen molar-refractivity contribution in [2.24, 2.45) is 5.92 Å². The summed E-state index contributed by atoms with van der Waals surface area (Å²) in [6, 6.07) is 14.3. The predicted molar refractivity (Wildman–Crippen MR) is 78.7 cm³/mol. The molecule has 0 atom stereocenters. The zero-order valence-corrected chi connectivity index (χ0v) is 11.5. The van der Waals surface area contributed by atoms with Crippen LogP contribution in [0.25, 0.3) is 11.4 Å². The fraction of sp³-hybridized carbons (Fsp3) is 0.235. The molecule has 0 N–H and O–H groups in total. The van der Waals surface area contributed by atoms with E-state index in [1.165, 1.54) is 0 Å². The molecule has 0 spiro atoms. The van der Waals surface area contributed by atoms with Gasteiger partial charge in [0.05, 0.1) is 0 Å². The van der Waals surface area contributed by atoms with Crippen LogP contribution in [-0.4, -0.2) is 9.55 Å². The third-order valence-corrected chi connectivity index (χ3v) is 3.89. The van der Waals surface area contributed by atoms with Gasteiger partial charge < -0.3 is 4.57 Å². The second-order valence-electron chi connectivity index (χ2n) is 5.21. The lowest BCUT2D eigenvalue weighted by molar-refractivity contribution is 0.243. The minimum Gasteiger partial charge on any atom is -0.328 e. The molecule has 1 fully saturated rings. The van der Waals surface area contributed by atoms with Crippen LogP contribution in [0.4, 0.5) is 0 Å². The Bertz CT molecular complexity index is 721. The van der Waals surface area contributed by atoms with Crippen LogP contribution in [0.5, 0.6) is 0 Å². The van der Waals surface area contributed by atoms with Crippen LogP contribution in [0.1, 0.15) is 18.9 Å². The maximum atomic E-state index is 8.78. The van der Waals surface area contributed by atoms with Crippen molar-refractivity contribution in [2.75, 3.05) is 0 Å². The van der Waals surface area contributed by atoms with Gasteiger partial charge in [0.25, 0.3) is 0 Å². The van der Waals surface area contributed by atoms with E-state index in [2.05, 4.69) is 21.7 Å². The number of aromatic nitrogens is 2. The van der Waals surface area contributed by atoms with Gasteiger partial charge in [0.15, 0.2) is 0 Å². The van der Waals surface area contributed by atoms with Gasteiger partial charge in [-0.3, -0.25) is 0 Å². The third-order valence-electron chi connectivity index (χ3n) is 3.89. The Morgan fingerprint density at radius 2 is 1.90 bits per heavy atom. The van der Waals surface area contributed by atoms with Gasteiger partial charge in [-0.2, -0.15) is 10.5 Å². The maximum absolute atomic E-state index is 8.78. The molecule has 0 saturated heterocycles. The Balaban J connectivity index is 1.75. The van der Waals surface area contributed by atoms with Gasteiger partial charge in [0.1, 0.15) is 23.5 Å². The van der Waals surface area contributed by atoms with Crippen molar-refractivity contribution in [3.63, 3.8) is 0 Å². The van der Waals surface area contributed by atoms with Gasteiger partial charge in [0, 0.05) is 24.0 Å². The van der Waals surface area contributed by atoms with Crippen molar-refractivity contribution in [1.29, 1.82) is 10.5 Å². The minimum absolute atomic E-state index is 0.215. The van der Waals surface area contributed by atoms with E-state index in [1.54, 1.807) is 6.08 Å². The van der Waals surface area contributed by atoms with E-state index in [0.29, 0.717) is 12.0 Å². The quantitative estimate of drug-likeness (QED) is 0.805. The van der Waals surface area contributed by atoms with E-state index in [9.17, 15) is 0 Å². The number of nitriles is 2. The molecule has 4 heteroatoms. The fourth-order valence-corrected chi connectivity index (χ4v) is 2.75. The molecule has 21 heavy (non-hydrogen) atoms. The molecule has 0 radical (unpaired) electrons. The molecule has 1 saturated carbocycles. The van der Waals surface area contributed by atoms with Crippen molar-refractivity contribution in [1.82, 2.24) is 9.55 Å². The first-order valence-electron chi connectivity index (χ1n) is 6.92. The molecule has 102 valence electrons. The predicted octanol–water partition coefficient (Wildman–Crippen LogP) is 3.47. The van der Waals surface area contributed by atoms with Crippen molar-refractivity contribution in [3.05, 3.63) is 54.4 Å². The van der Waals surface area contributed by atoms with E-state index in [-0.39, 0.29) is 5.57 Å². The van der Waals surface area contributed by atoms with E-state index in [4.69, 9.17) is 10.5 Å². The largest absolute Gasteiger partial charge is 0.328 e. The lowest BCUT2D eigenvalue weighted by Crippen LogP contribution is -2.25. The number of hydrogen-bond acceptors (Lipinski definition) is 3. The van der Waals surface area contributed by atoms with Crippen LogP contribution in [0.15, 0.2) is 54.4 Å². The van der Waals surface area contributed by atoms with Crippen molar-refractivity contribution >= 4 is 0 Å². The number of benzene rings is 1. The average molecular weight is 274 g/mol. The summed E-state index contributed by atoms with van der Waals surface area (Å²) in [4.78, 5) is 4.45. The first-order valence-corrected chi connectivity index (χ1v) is 6.92. The SMILES string of the molecule is N#CC(C#N)=CC1CC(n2ccnc2-c2ccccc2)C1. The van der Waals surface area contributed by atoms with Crippen LogP contribution in [0.2, 0.25) is 0 Å². The molecular weight excluding hydrogens is 260 g/mol. The molecule has 1 aromatic heterocycles. The van der Waals surface area contributed by atoms with E-state index in [0.717, 1.165) is 24.2 Å². The van der Waals surface area contributed by atoms with E-state index < -0.39 is 0 Å². The van der Waals surface area contributed by atoms with Crippen LogP contribution in [-0.2, 0) is 0 Å². The first kappa shape index (κ1) is 13.1. The van der Waals surface area contributed by atoms with Crippen LogP contribution >= 0.6 is 0 Å². The molecule has 4 nitrogen and oxygen atoms in total. The number of nitrogens with zero attached hydrogens (tertiary/aromatic N) is 4. The molecule has 1 heterocycles. The minimum atomic E-state index is 0.215. The second-order valence-corrected chi connectivity index (χ2v) is 5.21. The van der Waals surface area contributed by atoms with Gasteiger partial charge in [-0.15, -0.1) is 0 Å². The number of hydrogen-bond donors (Lipinski definition) is 0. The normalized spacial score (nSPS) is 19.9. The standard InChI is InChI=1S/C17H14N4/c18-11-14(12-19)8-13-9-16(10-13)21-7-6-20-17(21)15-4-2-1-3-5-15/h1-8,13,16H,9-10H2. The Kier molecular flexibility index (Phi) is 3.53. The Morgan fingerprint density at radius 3 is 2.57 bits per heavy atom. The van der Waals surface area contributed by atoms with Crippen molar-refractivity contribution < 1.29 is 0 Å². The van der Waals surface area contributed by atoms with Crippen LogP contribution in [0.3, 0.4) is 0 Å². The summed E-state index contributed by atoms with van der Waals surface area (Å²) in [5.41, 5.74) is 1.32. The summed E-state index contributed by atoms with van der Waals surface area (Å²) < 4.78 is 2.19. The van der Waals surface area contributed by atoms with E-state index in [1.807, 2.05) is 42.7 Å². The molecule has 0 amide bonds. The second kappa shape index (κ2) is 5.64. The van der Waals surface area contributed by atoms with Crippen molar-refractivity contribution in [3.8, 4) is 23.5 Å². The highest BCUT2D eigenvalue weighted by Gasteiger charge is 2.30. The maximum Gasteiger partial charge on any atom is 0.140 e. The highest BCUT2D eigenvalue weighted by atomic mass is 15.1. The summed E-state index contributed by atoms with van der Waals surface area (Å²) in [6.07, 6.45) is 7.51. The number of rotatable bonds is 3. The highest BCUT2D eigenvalue weighted by molar-refractivity contribution is 5.55. The van der Waals surface area contributed by atoms with Crippen molar-refractivity contribution in [2.45, 2.75) is 18.9 Å². The van der Waals surface area contributed by atoms with Gasteiger partial charge in [-0.1, -0.05) is 36.4 Å². The molecule has 1 aromatic carbocycles. The molecule has 0 bridgehead atoms. The summed E-state index contributed by atoms with van der Waals surface area (Å²) >= 11 is 0. The Hall–Kier alpha value is -2.85. The molecule has 3 rings (SSSR count). The first-order chi connectivity index (χ1) is 10.3.